The summed E-state index contributed by atoms with van der Waals surface area (Å²) in [4.78, 5) is 11.1. The van der Waals surface area contributed by atoms with E-state index in [2.05, 4.69) is 5.16 Å². The maximum absolute atomic E-state index is 11.1. The molecular formula is C16H11Cl2NO4. The van der Waals surface area contributed by atoms with Crippen LogP contribution in [0.15, 0.2) is 69.6 Å². The number of aliphatic carboxylic acids is 1. The van der Waals surface area contributed by atoms with Crippen molar-refractivity contribution in [3.63, 3.8) is 0 Å². The molecule has 0 amide bonds. The standard InChI is InChI=1S/C16H11Cl2NO4/c17-11-6-9(14(19-22)8-4-2-1-3-5-8)13(18)10-7-12(16(20)21)23-15(10)11/h1-7,12-13,22H,(H,20,21). The zero-order valence-corrected chi connectivity index (χ0v) is 13.1. The van der Waals surface area contributed by atoms with Crippen LogP contribution in [0.5, 0.6) is 0 Å². The van der Waals surface area contributed by atoms with Crippen molar-refractivity contribution in [2.45, 2.75) is 11.5 Å². The molecule has 5 nitrogen and oxygen atoms in total. The first-order valence-corrected chi connectivity index (χ1v) is 7.49. The van der Waals surface area contributed by atoms with Crippen molar-refractivity contribution >= 4 is 34.9 Å². The second-order valence-electron chi connectivity index (χ2n) is 4.95. The van der Waals surface area contributed by atoms with Gasteiger partial charge in [0.2, 0.25) is 6.10 Å². The molecule has 0 saturated carbocycles. The van der Waals surface area contributed by atoms with Crippen LogP contribution in [0.3, 0.4) is 0 Å². The van der Waals surface area contributed by atoms with E-state index in [9.17, 15) is 10.0 Å². The van der Waals surface area contributed by atoms with Gasteiger partial charge in [0.1, 0.15) is 11.5 Å². The minimum Gasteiger partial charge on any atom is -0.478 e. The highest BCUT2D eigenvalue weighted by Crippen LogP contribution is 2.41. The predicted molar refractivity (Wildman–Crippen MR) is 86.0 cm³/mol. The normalized spacial score (nSPS) is 23.8. The fraction of sp³-hybridized carbons (Fsp3) is 0.125. The van der Waals surface area contributed by atoms with E-state index in [0.29, 0.717) is 16.7 Å². The Balaban J connectivity index is 2.04. The van der Waals surface area contributed by atoms with Crippen molar-refractivity contribution in [3.8, 4) is 0 Å². The number of nitrogens with zero attached hydrogens (tertiary/aromatic N) is 1. The number of ether oxygens (including phenoxy) is 1. The summed E-state index contributed by atoms with van der Waals surface area (Å²) >= 11 is 12.6. The van der Waals surface area contributed by atoms with Crippen molar-refractivity contribution in [1.29, 1.82) is 0 Å². The van der Waals surface area contributed by atoms with Gasteiger partial charge in [-0.15, -0.1) is 11.6 Å². The molecule has 2 aliphatic rings. The largest absolute Gasteiger partial charge is 0.478 e. The molecule has 0 spiro atoms. The smallest absolute Gasteiger partial charge is 0.349 e. The van der Waals surface area contributed by atoms with Gasteiger partial charge in [0.05, 0.1) is 10.4 Å². The van der Waals surface area contributed by atoms with Gasteiger partial charge in [0.25, 0.3) is 0 Å². The number of rotatable bonds is 3. The van der Waals surface area contributed by atoms with E-state index in [4.69, 9.17) is 33.0 Å². The number of benzene rings is 1. The average Bonchev–Trinajstić information content (AvgIpc) is 3.00. The Bertz CT molecular complexity index is 781. The van der Waals surface area contributed by atoms with Crippen LogP contribution in [0.25, 0.3) is 0 Å². The Hall–Kier alpha value is -2.24. The van der Waals surface area contributed by atoms with Gasteiger partial charge in [-0.25, -0.2) is 4.79 Å². The van der Waals surface area contributed by atoms with Crippen molar-refractivity contribution in [2.24, 2.45) is 5.16 Å². The molecule has 118 valence electrons. The Morgan fingerprint density at radius 3 is 2.57 bits per heavy atom. The maximum Gasteiger partial charge on any atom is 0.349 e. The predicted octanol–water partition coefficient (Wildman–Crippen LogP) is 3.27. The van der Waals surface area contributed by atoms with Gasteiger partial charge < -0.3 is 15.1 Å². The summed E-state index contributed by atoms with van der Waals surface area (Å²) in [7, 11) is 0. The summed E-state index contributed by atoms with van der Waals surface area (Å²) in [5.41, 5.74) is 1.85. The van der Waals surface area contributed by atoms with Crippen LogP contribution in [0.4, 0.5) is 0 Å². The van der Waals surface area contributed by atoms with Crippen LogP contribution in [0.2, 0.25) is 0 Å². The number of fused-ring (bicyclic) bond motifs is 1. The third kappa shape index (κ3) is 2.73. The molecule has 0 fully saturated rings. The molecule has 0 radical (unpaired) electrons. The molecule has 23 heavy (non-hydrogen) atoms. The van der Waals surface area contributed by atoms with Crippen LogP contribution in [-0.4, -0.2) is 33.5 Å². The van der Waals surface area contributed by atoms with Crippen molar-refractivity contribution in [2.75, 3.05) is 0 Å². The van der Waals surface area contributed by atoms with E-state index in [-0.39, 0.29) is 16.5 Å². The lowest BCUT2D eigenvalue weighted by Crippen LogP contribution is -2.20. The number of carboxylic acids is 1. The molecule has 1 aliphatic heterocycles. The fourth-order valence-electron chi connectivity index (χ4n) is 2.49. The van der Waals surface area contributed by atoms with E-state index in [1.807, 2.05) is 6.07 Å². The minimum atomic E-state index is -1.13. The average molecular weight is 352 g/mol. The van der Waals surface area contributed by atoms with Crippen LogP contribution in [-0.2, 0) is 9.53 Å². The molecule has 1 aliphatic carbocycles. The van der Waals surface area contributed by atoms with Crippen LogP contribution >= 0.6 is 23.2 Å². The summed E-state index contributed by atoms with van der Waals surface area (Å²) in [6.45, 7) is 0. The third-order valence-corrected chi connectivity index (χ3v) is 4.30. The van der Waals surface area contributed by atoms with Gasteiger partial charge in [0.15, 0.2) is 0 Å². The maximum atomic E-state index is 11.1. The lowest BCUT2D eigenvalue weighted by Gasteiger charge is -2.22. The Labute approximate surface area is 141 Å². The van der Waals surface area contributed by atoms with Crippen LogP contribution < -0.4 is 0 Å². The molecule has 0 aromatic heterocycles. The zero-order valence-electron chi connectivity index (χ0n) is 11.6. The summed E-state index contributed by atoms with van der Waals surface area (Å²) in [6, 6.07) is 8.98. The summed E-state index contributed by atoms with van der Waals surface area (Å²) in [5.74, 6) is -0.887. The molecule has 1 heterocycles. The Morgan fingerprint density at radius 2 is 1.96 bits per heavy atom. The lowest BCUT2D eigenvalue weighted by molar-refractivity contribution is -0.144. The highest BCUT2D eigenvalue weighted by molar-refractivity contribution is 6.36. The molecule has 2 atom stereocenters. The number of oxime groups is 1. The monoisotopic (exact) mass is 351 g/mol. The number of allylic oxidation sites excluding steroid dienone is 4. The van der Waals surface area contributed by atoms with Gasteiger partial charge in [-0.2, -0.15) is 0 Å². The fourth-order valence-corrected chi connectivity index (χ4v) is 3.10. The Morgan fingerprint density at radius 1 is 1.26 bits per heavy atom. The van der Waals surface area contributed by atoms with Gasteiger partial charge in [-0.1, -0.05) is 47.1 Å². The molecule has 1 aromatic carbocycles. The quantitative estimate of drug-likeness (QED) is 0.379. The summed E-state index contributed by atoms with van der Waals surface area (Å²) in [5, 5.41) is 21.3. The third-order valence-electron chi connectivity index (χ3n) is 3.55. The molecule has 0 bridgehead atoms. The molecule has 2 unspecified atom stereocenters. The number of hydrogen-bond donors (Lipinski definition) is 2. The summed E-state index contributed by atoms with van der Waals surface area (Å²) < 4.78 is 5.30. The number of halogens is 2. The summed E-state index contributed by atoms with van der Waals surface area (Å²) in [6.07, 6.45) is 1.80. The topological polar surface area (TPSA) is 79.1 Å². The molecule has 3 rings (SSSR count). The lowest BCUT2D eigenvalue weighted by atomic mass is 9.91. The van der Waals surface area contributed by atoms with Crippen LogP contribution in [0, 0.1) is 0 Å². The van der Waals surface area contributed by atoms with E-state index < -0.39 is 17.5 Å². The molecular weight excluding hydrogens is 341 g/mol. The number of hydrogen-bond acceptors (Lipinski definition) is 4. The second-order valence-corrected chi connectivity index (χ2v) is 5.80. The highest BCUT2D eigenvalue weighted by Gasteiger charge is 2.38. The SMILES string of the molecule is O=C(O)C1C=C2C(=C(Cl)C=C(C(=NO)c3ccccc3)C2Cl)O1. The van der Waals surface area contributed by atoms with Crippen molar-refractivity contribution < 1.29 is 19.8 Å². The van der Waals surface area contributed by atoms with Gasteiger partial charge in [-0.05, 0) is 12.2 Å². The number of alkyl halides is 1. The molecule has 7 heteroatoms. The van der Waals surface area contributed by atoms with Crippen molar-refractivity contribution in [1.82, 2.24) is 0 Å². The number of carbonyl (C=O) groups is 1. The van der Waals surface area contributed by atoms with Crippen LogP contribution in [0.1, 0.15) is 5.56 Å². The van der Waals surface area contributed by atoms with Crippen molar-refractivity contribution in [3.05, 3.63) is 70.0 Å². The number of carboxylic acid groups (broad SMARTS) is 1. The first-order valence-electron chi connectivity index (χ1n) is 6.67. The minimum absolute atomic E-state index is 0.212. The first kappa shape index (κ1) is 15.6. The van der Waals surface area contributed by atoms with Gasteiger partial charge in [-0.3, -0.25) is 0 Å². The molecule has 0 saturated heterocycles. The van der Waals surface area contributed by atoms with E-state index in [0.717, 1.165) is 0 Å². The Kier molecular flexibility index (Phi) is 4.15. The second kappa shape index (κ2) is 6.10. The van der Waals surface area contributed by atoms with E-state index >= 15 is 0 Å². The van der Waals surface area contributed by atoms with E-state index in [1.54, 1.807) is 24.3 Å². The van der Waals surface area contributed by atoms with Gasteiger partial charge in [0, 0.05) is 16.7 Å². The zero-order chi connectivity index (χ0) is 16.6. The first-order chi connectivity index (χ1) is 11.0. The van der Waals surface area contributed by atoms with Gasteiger partial charge >= 0.3 is 5.97 Å². The molecule has 2 N–H and O–H groups in total. The highest BCUT2D eigenvalue weighted by atomic mass is 35.5. The van der Waals surface area contributed by atoms with E-state index in [1.165, 1.54) is 12.2 Å². The molecule has 1 aromatic rings.